The lowest BCUT2D eigenvalue weighted by atomic mass is 10.0. The lowest BCUT2D eigenvalue weighted by Crippen LogP contribution is -2.39. The molecule has 7 nitrogen and oxygen atoms in total. The lowest BCUT2D eigenvalue weighted by Gasteiger charge is -2.18. The average molecular weight is 384 g/mol. The molecule has 0 bridgehead atoms. The molecule has 2 N–H and O–H groups in total. The van der Waals surface area contributed by atoms with Crippen molar-refractivity contribution < 1.29 is 23.9 Å². The third-order valence-corrected chi connectivity index (χ3v) is 3.97. The molecule has 2 aromatic rings. The molecule has 0 fully saturated rings. The summed E-state index contributed by atoms with van der Waals surface area (Å²) in [4.78, 5) is 36.1. The molecule has 2 amide bonds. The normalized spacial score (nSPS) is 11.2. The van der Waals surface area contributed by atoms with Crippen LogP contribution >= 0.6 is 0 Å². The van der Waals surface area contributed by atoms with Gasteiger partial charge >= 0.3 is 5.97 Å². The maximum atomic E-state index is 12.3. The molecule has 0 heterocycles. The second kappa shape index (κ2) is 10.7. The van der Waals surface area contributed by atoms with Crippen LogP contribution in [0.15, 0.2) is 54.6 Å². The van der Waals surface area contributed by atoms with Crippen molar-refractivity contribution in [1.29, 1.82) is 0 Å². The first-order chi connectivity index (χ1) is 13.5. The summed E-state index contributed by atoms with van der Waals surface area (Å²) in [5, 5.41) is 5.32. The van der Waals surface area contributed by atoms with Crippen molar-refractivity contribution in [3.05, 3.63) is 65.7 Å². The molecule has 0 unspecified atom stereocenters. The van der Waals surface area contributed by atoms with Gasteiger partial charge in [0, 0.05) is 5.56 Å². The number of ether oxygens (including phenoxy) is 2. The molecule has 28 heavy (non-hydrogen) atoms. The van der Waals surface area contributed by atoms with Gasteiger partial charge in [-0.15, -0.1) is 0 Å². The topological polar surface area (TPSA) is 93.7 Å². The Kier molecular flexibility index (Phi) is 8.02. The van der Waals surface area contributed by atoms with Gasteiger partial charge in [0.05, 0.1) is 32.7 Å². The Morgan fingerprint density at radius 2 is 1.68 bits per heavy atom. The SMILES string of the molecule is CCOc1ccc(C(=O)NCC(=O)N[C@H](CC(=O)OC)c2ccccc2)cc1. The second-order valence-electron chi connectivity index (χ2n) is 5.95. The van der Waals surface area contributed by atoms with E-state index in [-0.39, 0.29) is 18.9 Å². The van der Waals surface area contributed by atoms with Gasteiger partial charge in [0.15, 0.2) is 0 Å². The van der Waals surface area contributed by atoms with E-state index in [1.807, 2.05) is 37.3 Å². The third kappa shape index (κ3) is 6.42. The third-order valence-electron chi connectivity index (χ3n) is 3.97. The van der Waals surface area contributed by atoms with Gasteiger partial charge in [0.2, 0.25) is 5.91 Å². The molecule has 0 aromatic heterocycles. The van der Waals surface area contributed by atoms with E-state index in [2.05, 4.69) is 10.6 Å². The van der Waals surface area contributed by atoms with Crippen LogP contribution in [0, 0.1) is 0 Å². The van der Waals surface area contributed by atoms with Crippen LogP contribution in [0.25, 0.3) is 0 Å². The second-order valence-corrected chi connectivity index (χ2v) is 5.95. The van der Waals surface area contributed by atoms with Gasteiger partial charge in [-0.2, -0.15) is 0 Å². The summed E-state index contributed by atoms with van der Waals surface area (Å²) in [6, 6.07) is 15.2. The first kappa shape index (κ1) is 21.0. The van der Waals surface area contributed by atoms with E-state index >= 15 is 0 Å². The minimum Gasteiger partial charge on any atom is -0.494 e. The number of carbonyl (C=O) groups excluding carboxylic acids is 3. The average Bonchev–Trinajstić information content (AvgIpc) is 2.72. The zero-order chi connectivity index (χ0) is 20.4. The van der Waals surface area contributed by atoms with Crippen LogP contribution in [0.2, 0.25) is 0 Å². The molecule has 0 aliphatic rings. The van der Waals surface area contributed by atoms with E-state index in [1.54, 1.807) is 24.3 Å². The van der Waals surface area contributed by atoms with Crippen LogP contribution in [0.3, 0.4) is 0 Å². The van der Waals surface area contributed by atoms with Crippen LogP contribution < -0.4 is 15.4 Å². The summed E-state index contributed by atoms with van der Waals surface area (Å²) >= 11 is 0. The summed E-state index contributed by atoms with van der Waals surface area (Å²) in [6.07, 6.45) is -0.000902. The molecule has 0 saturated heterocycles. The summed E-state index contributed by atoms with van der Waals surface area (Å²) in [6.45, 7) is 2.21. The Hall–Kier alpha value is -3.35. The zero-order valence-corrected chi connectivity index (χ0v) is 15.9. The molecule has 148 valence electrons. The number of nitrogens with one attached hydrogen (secondary N) is 2. The smallest absolute Gasteiger partial charge is 0.307 e. The standard InChI is InChI=1S/C21H24N2O5/c1-3-28-17-11-9-16(10-12-17)21(26)22-14-19(24)23-18(13-20(25)27-2)15-7-5-4-6-8-15/h4-12,18H,3,13-14H2,1-2H3,(H,22,26)(H,23,24)/t18-/m1/s1. The number of hydrogen-bond acceptors (Lipinski definition) is 5. The summed E-state index contributed by atoms with van der Waals surface area (Å²) in [5.41, 5.74) is 1.20. The van der Waals surface area contributed by atoms with Crippen molar-refractivity contribution in [1.82, 2.24) is 10.6 Å². The molecule has 7 heteroatoms. The van der Waals surface area contributed by atoms with E-state index < -0.39 is 17.9 Å². The van der Waals surface area contributed by atoms with Crippen molar-refractivity contribution in [2.45, 2.75) is 19.4 Å². The maximum Gasteiger partial charge on any atom is 0.307 e. The van der Waals surface area contributed by atoms with Gasteiger partial charge in [-0.1, -0.05) is 30.3 Å². The summed E-state index contributed by atoms with van der Waals surface area (Å²) < 4.78 is 10.0. The maximum absolute atomic E-state index is 12.3. The zero-order valence-electron chi connectivity index (χ0n) is 15.9. The first-order valence-electron chi connectivity index (χ1n) is 8.95. The van der Waals surface area contributed by atoms with Crippen LogP contribution in [-0.4, -0.2) is 38.0 Å². The van der Waals surface area contributed by atoms with Gasteiger partial charge in [-0.05, 0) is 36.8 Å². The molecule has 0 saturated carbocycles. The fourth-order valence-electron chi connectivity index (χ4n) is 2.56. The molecule has 0 aliphatic heterocycles. The molecule has 2 rings (SSSR count). The molecular weight excluding hydrogens is 360 g/mol. The first-order valence-corrected chi connectivity index (χ1v) is 8.95. The minimum atomic E-state index is -0.538. The Bertz CT molecular complexity index is 790. The van der Waals surface area contributed by atoms with E-state index in [1.165, 1.54) is 7.11 Å². The summed E-state index contributed by atoms with van der Waals surface area (Å²) in [5.74, 6) is -0.544. The van der Waals surface area contributed by atoms with Crippen LogP contribution in [0.1, 0.15) is 35.3 Å². The highest BCUT2D eigenvalue weighted by molar-refractivity contribution is 5.96. The lowest BCUT2D eigenvalue weighted by molar-refractivity contribution is -0.141. The Labute approximate surface area is 164 Å². The number of amides is 2. The highest BCUT2D eigenvalue weighted by Gasteiger charge is 2.19. The molecule has 0 spiro atoms. The van der Waals surface area contributed by atoms with Crippen molar-refractivity contribution >= 4 is 17.8 Å². The van der Waals surface area contributed by atoms with Crippen molar-refractivity contribution in [3.63, 3.8) is 0 Å². The molecule has 2 aromatic carbocycles. The van der Waals surface area contributed by atoms with E-state index in [0.29, 0.717) is 17.9 Å². The number of carbonyl (C=O) groups is 3. The van der Waals surface area contributed by atoms with Crippen molar-refractivity contribution in [3.8, 4) is 5.75 Å². The van der Waals surface area contributed by atoms with Crippen LogP contribution in [-0.2, 0) is 14.3 Å². The minimum absolute atomic E-state index is 0.000902. The number of esters is 1. The van der Waals surface area contributed by atoms with Gasteiger partial charge in [-0.25, -0.2) is 0 Å². The predicted octanol–water partition coefficient (Wildman–Crippen LogP) is 2.24. The highest BCUT2D eigenvalue weighted by atomic mass is 16.5. The van der Waals surface area contributed by atoms with Crippen molar-refractivity contribution in [2.24, 2.45) is 0 Å². The van der Waals surface area contributed by atoms with Crippen LogP contribution in [0.5, 0.6) is 5.75 Å². The largest absolute Gasteiger partial charge is 0.494 e. The number of methoxy groups -OCH3 is 1. The quantitative estimate of drug-likeness (QED) is 0.647. The van der Waals surface area contributed by atoms with E-state index in [9.17, 15) is 14.4 Å². The molecule has 0 radical (unpaired) electrons. The van der Waals surface area contributed by atoms with E-state index in [4.69, 9.17) is 9.47 Å². The summed E-state index contributed by atoms with van der Waals surface area (Å²) in [7, 11) is 1.29. The molecule has 1 atom stereocenters. The van der Waals surface area contributed by atoms with Gasteiger partial charge < -0.3 is 20.1 Å². The van der Waals surface area contributed by atoms with Gasteiger partial charge in [0.1, 0.15) is 5.75 Å². The van der Waals surface area contributed by atoms with Crippen LogP contribution in [0.4, 0.5) is 0 Å². The monoisotopic (exact) mass is 384 g/mol. The number of rotatable bonds is 9. The highest BCUT2D eigenvalue weighted by Crippen LogP contribution is 2.17. The molecular formula is C21H24N2O5. The Morgan fingerprint density at radius 1 is 1.00 bits per heavy atom. The Balaban J connectivity index is 1.92. The molecule has 0 aliphatic carbocycles. The Morgan fingerprint density at radius 3 is 2.29 bits per heavy atom. The van der Waals surface area contributed by atoms with Gasteiger partial charge in [-0.3, -0.25) is 14.4 Å². The fraction of sp³-hybridized carbons (Fsp3) is 0.286. The van der Waals surface area contributed by atoms with E-state index in [0.717, 1.165) is 5.56 Å². The fourth-order valence-corrected chi connectivity index (χ4v) is 2.56. The number of benzene rings is 2. The number of hydrogen-bond donors (Lipinski definition) is 2. The van der Waals surface area contributed by atoms with Gasteiger partial charge in [0.25, 0.3) is 5.91 Å². The predicted molar refractivity (Wildman–Crippen MR) is 104 cm³/mol. The van der Waals surface area contributed by atoms with Crippen molar-refractivity contribution in [2.75, 3.05) is 20.3 Å².